The van der Waals surface area contributed by atoms with Gasteiger partial charge in [0.2, 0.25) is 0 Å². The maximum absolute atomic E-state index is 12.6. The third-order valence-electron chi connectivity index (χ3n) is 2.90. The number of hydrogen-bond acceptors (Lipinski definition) is 4. The highest BCUT2D eigenvalue weighted by Gasteiger charge is 2.61. The van der Waals surface area contributed by atoms with Crippen molar-refractivity contribution >= 4 is 16.9 Å². The first-order chi connectivity index (χ1) is 6.77. The van der Waals surface area contributed by atoms with Gasteiger partial charge in [-0.2, -0.15) is 13.2 Å². The minimum absolute atomic E-state index is 0.166. The van der Waals surface area contributed by atoms with Gasteiger partial charge < -0.3 is 10.8 Å². The number of hydrogen-bond donors (Lipinski definition) is 2. The summed E-state index contributed by atoms with van der Waals surface area (Å²) in [5.41, 5.74) is 2.36. The number of nitrogens with two attached hydrogens (primary N) is 1. The van der Waals surface area contributed by atoms with Crippen molar-refractivity contribution in [2.45, 2.75) is 42.3 Å². The Bertz CT molecular complexity index is 313. The van der Waals surface area contributed by atoms with Crippen molar-refractivity contribution < 1.29 is 18.3 Å². The molecule has 1 saturated carbocycles. The van der Waals surface area contributed by atoms with Gasteiger partial charge in [0, 0.05) is 11.2 Å². The van der Waals surface area contributed by atoms with Crippen LogP contribution in [-0.4, -0.2) is 26.9 Å². The first-order valence-electron chi connectivity index (χ1n) is 4.60. The molecule has 0 saturated heterocycles. The fourth-order valence-electron chi connectivity index (χ4n) is 1.97. The van der Waals surface area contributed by atoms with Crippen molar-refractivity contribution in [3.63, 3.8) is 0 Å². The first-order valence-corrected chi connectivity index (χ1v) is 5.42. The van der Waals surface area contributed by atoms with Crippen LogP contribution in [0.3, 0.4) is 0 Å². The summed E-state index contributed by atoms with van der Waals surface area (Å²) in [6.45, 7) is 0. The lowest BCUT2D eigenvalue weighted by atomic mass is 9.78. The molecule has 1 unspecified atom stereocenters. The van der Waals surface area contributed by atoms with E-state index in [4.69, 9.17) is 5.73 Å². The monoisotopic (exact) mass is 240 g/mol. The summed E-state index contributed by atoms with van der Waals surface area (Å²) in [7, 11) is 0. The van der Waals surface area contributed by atoms with Crippen LogP contribution in [0.5, 0.6) is 0 Å². The van der Waals surface area contributed by atoms with Gasteiger partial charge in [-0.25, -0.2) is 4.99 Å². The molecule has 15 heavy (non-hydrogen) atoms. The Hall–Kier alpha value is -0.430. The number of halogens is 3. The number of aliphatic imine (C=N–C) groups is 1. The van der Waals surface area contributed by atoms with E-state index in [0.29, 0.717) is 12.8 Å². The molecule has 3 nitrogen and oxygen atoms in total. The number of aliphatic hydroxyl groups is 1. The highest BCUT2D eigenvalue weighted by Crippen LogP contribution is 2.54. The molecule has 86 valence electrons. The lowest BCUT2D eigenvalue weighted by Gasteiger charge is -2.47. The van der Waals surface area contributed by atoms with Crippen LogP contribution < -0.4 is 5.73 Å². The zero-order valence-corrected chi connectivity index (χ0v) is 8.66. The Balaban J connectivity index is 2.30. The summed E-state index contributed by atoms with van der Waals surface area (Å²) >= 11 is 1.16. The van der Waals surface area contributed by atoms with Crippen LogP contribution in [0.2, 0.25) is 0 Å². The van der Waals surface area contributed by atoms with Gasteiger partial charge in [0.15, 0.2) is 5.17 Å². The number of amidine groups is 1. The maximum Gasteiger partial charge on any atom is 0.438 e. The van der Waals surface area contributed by atoms with E-state index in [1.54, 1.807) is 0 Å². The average Bonchev–Trinajstić information content (AvgIpc) is 1.97. The topological polar surface area (TPSA) is 58.6 Å². The second-order valence-corrected chi connectivity index (χ2v) is 5.57. The third kappa shape index (κ3) is 1.71. The number of nitrogens with zero attached hydrogens (tertiary/aromatic N) is 1. The predicted molar refractivity (Wildman–Crippen MR) is 51.4 cm³/mol. The Labute approximate surface area is 88.9 Å². The minimum atomic E-state index is -4.75. The largest absolute Gasteiger partial charge is 0.438 e. The predicted octanol–water partition coefficient (Wildman–Crippen LogP) is 1.61. The first kappa shape index (κ1) is 11.1. The quantitative estimate of drug-likeness (QED) is 0.676. The fourth-order valence-corrected chi connectivity index (χ4v) is 3.37. The van der Waals surface area contributed by atoms with Crippen LogP contribution in [-0.2, 0) is 0 Å². The van der Waals surface area contributed by atoms with Gasteiger partial charge in [0.25, 0.3) is 5.72 Å². The molecule has 0 aromatic rings. The number of thioether (sulfide) groups is 1. The van der Waals surface area contributed by atoms with E-state index in [9.17, 15) is 18.3 Å². The van der Waals surface area contributed by atoms with E-state index >= 15 is 0 Å². The van der Waals surface area contributed by atoms with Gasteiger partial charge in [-0.1, -0.05) is 18.2 Å². The summed E-state index contributed by atoms with van der Waals surface area (Å²) in [6.07, 6.45) is -2.93. The van der Waals surface area contributed by atoms with E-state index in [1.165, 1.54) is 0 Å². The van der Waals surface area contributed by atoms with Crippen molar-refractivity contribution in [1.82, 2.24) is 0 Å². The van der Waals surface area contributed by atoms with Crippen LogP contribution in [0.1, 0.15) is 25.7 Å². The zero-order chi connectivity index (χ0) is 11.3. The lowest BCUT2D eigenvalue weighted by molar-refractivity contribution is -0.263. The standard InChI is InChI=1S/C8H11F3N2OS/c9-8(10,11)7(14)4-6(2-1-3-6)15-5(12)13-7/h14H,1-4H2,(H2,12,13). The molecule has 0 aromatic heterocycles. The molecule has 7 heteroatoms. The molecule has 1 fully saturated rings. The van der Waals surface area contributed by atoms with E-state index in [-0.39, 0.29) is 11.6 Å². The molecule has 0 aromatic carbocycles. The van der Waals surface area contributed by atoms with Crippen molar-refractivity contribution in [2.24, 2.45) is 10.7 Å². The molecule has 0 radical (unpaired) electrons. The van der Waals surface area contributed by atoms with E-state index in [0.717, 1.165) is 18.2 Å². The van der Waals surface area contributed by atoms with Gasteiger partial charge in [0.05, 0.1) is 0 Å². The van der Waals surface area contributed by atoms with Crippen molar-refractivity contribution in [1.29, 1.82) is 0 Å². The highest BCUT2D eigenvalue weighted by molar-refractivity contribution is 8.15. The minimum Gasteiger partial charge on any atom is -0.378 e. The molecule has 1 spiro atoms. The van der Waals surface area contributed by atoms with E-state index in [2.05, 4.69) is 4.99 Å². The Morgan fingerprint density at radius 1 is 1.40 bits per heavy atom. The lowest BCUT2D eigenvalue weighted by Crippen LogP contribution is -2.55. The summed E-state index contributed by atoms with van der Waals surface area (Å²) in [5.74, 6) is 0. The van der Waals surface area contributed by atoms with Crippen LogP contribution in [0, 0.1) is 0 Å². The van der Waals surface area contributed by atoms with Gasteiger partial charge >= 0.3 is 6.18 Å². The van der Waals surface area contributed by atoms with Crippen molar-refractivity contribution in [2.75, 3.05) is 0 Å². The van der Waals surface area contributed by atoms with E-state index < -0.39 is 16.6 Å². The molecule has 2 aliphatic rings. The molecule has 0 bridgehead atoms. The van der Waals surface area contributed by atoms with Crippen molar-refractivity contribution in [3.05, 3.63) is 0 Å². The van der Waals surface area contributed by atoms with Gasteiger partial charge in [-0.05, 0) is 12.8 Å². The molecular formula is C8H11F3N2OS. The molecular weight excluding hydrogens is 229 g/mol. The van der Waals surface area contributed by atoms with Crippen LogP contribution in [0.15, 0.2) is 4.99 Å². The molecule has 2 rings (SSSR count). The molecule has 1 aliphatic heterocycles. The SMILES string of the molecule is NC1=NC(O)(C(F)(F)F)CC2(CCC2)S1. The molecule has 1 heterocycles. The Morgan fingerprint density at radius 2 is 2.00 bits per heavy atom. The molecule has 0 amide bonds. The Morgan fingerprint density at radius 3 is 2.40 bits per heavy atom. The van der Waals surface area contributed by atoms with Gasteiger partial charge in [0.1, 0.15) is 0 Å². The molecule has 1 atom stereocenters. The molecule has 1 aliphatic carbocycles. The average molecular weight is 240 g/mol. The van der Waals surface area contributed by atoms with Crippen molar-refractivity contribution in [3.8, 4) is 0 Å². The maximum atomic E-state index is 12.6. The summed E-state index contributed by atoms with van der Waals surface area (Å²) in [6, 6.07) is 0. The summed E-state index contributed by atoms with van der Waals surface area (Å²) in [4.78, 5) is 3.15. The second kappa shape index (κ2) is 3.04. The highest BCUT2D eigenvalue weighted by atomic mass is 32.2. The van der Waals surface area contributed by atoms with E-state index in [1.807, 2.05) is 0 Å². The van der Waals surface area contributed by atoms with Gasteiger partial charge in [-0.15, -0.1) is 0 Å². The summed E-state index contributed by atoms with van der Waals surface area (Å²) < 4.78 is 37.2. The normalized spacial score (nSPS) is 34.8. The second-order valence-electron chi connectivity index (χ2n) is 4.08. The summed E-state index contributed by atoms with van der Waals surface area (Å²) in [5, 5.41) is 9.31. The van der Waals surface area contributed by atoms with Crippen LogP contribution in [0.25, 0.3) is 0 Å². The smallest absolute Gasteiger partial charge is 0.378 e. The third-order valence-corrected chi connectivity index (χ3v) is 4.19. The number of rotatable bonds is 0. The number of alkyl halides is 3. The molecule has 3 N–H and O–H groups in total. The Kier molecular flexibility index (Phi) is 2.24. The van der Waals surface area contributed by atoms with Gasteiger partial charge in [-0.3, -0.25) is 0 Å². The fraction of sp³-hybridized carbons (Fsp3) is 0.875. The van der Waals surface area contributed by atoms with Crippen LogP contribution >= 0.6 is 11.8 Å². The zero-order valence-electron chi connectivity index (χ0n) is 7.84. The van der Waals surface area contributed by atoms with Crippen LogP contribution in [0.4, 0.5) is 13.2 Å².